The van der Waals surface area contributed by atoms with Crippen LogP contribution in [0.3, 0.4) is 0 Å². The molecule has 0 radical (unpaired) electrons. The van der Waals surface area contributed by atoms with Crippen LogP contribution in [-0.4, -0.2) is 86.9 Å². The Morgan fingerprint density at radius 2 is 1.76 bits per heavy atom. The van der Waals surface area contributed by atoms with Crippen LogP contribution in [0.2, 0.25) is 0 Å². The summed E-state index contributed by atoms with van der Waals surface area (Å²) in [6, 6.07) is 13.1. The average molecular weight is 565 g/mol. The third kappa shape index (κ3) is 6.56. The lowest BCUT2D eigenvalue weighted by Crippen LogP contribution is -2.47. The van der Waals surface area contributed by atoms with Crippen molar-refractivity contribution in [2.45, 2.75) is 51.0 Å². The average Bonchev–Trinajstić information content (AvgIpc) is 3.49. The Hall–Kier alpha value is -3.46. The van der Waals surface area contributed by atoms with Crippen molar-refractivity contribution in [1.29, 1.82) is 0 Å². The number of nitrogens with zero attached hydrogens (tertiary/aromatic N) is 2. The first-order chi connectivity index (χ1) is 20.1. The SMILES string of the molecule is O=C(COc1ccc2c(c1)OCCO2)N1CCC2(CCCCOC[C@@H]3CCCN3C(=O)c3cccc(c3)OC2)CC1. The molecule has 9 heteroatoms. The van der Waals surface area contributed by atoms with Gasteiger partial charge in [-0.25, -0.2) is 0 Å². The van der Waals surface area contributed by atoms with Crippen LogP contribution in [0.15, 0.2) is 42.5 Å². The number of hydrogen-bond donors (Lipinski definition) is 0. The van der Waals surface area contributed by atoms with E-state index in [9.17, 15) is 9.59 Å². The van der Waals surface area contributed by atoms with Gasteiger partial charge in [0.1, 0.15) is 24.7 Å². The highest BCUT2D eigenvalue weighted by Crippen LogP contribution is 2.38. The smallest absolute Gasteiger partial charge is 0.260 e. The third-order valence-corrected chi connectivity index (χ3v) is 8.87. The van der Waals surface area contributed by atoms with Crippen LogP contribution in [-0.2, 0) is 9.53 Å². The highest BCUT2D eigenvalue weighted by Gasteiger charge is 2.37. The molecule has 1 spiro atoms. The summed E-state index contributed by atoms with van der Waals surface area (Å²) in [6.45, 7) is 4.99. The Morgan fingerprint density at radius 1 is 0.902 bits per heavy atom. The van der Waals surface area contributed by atoms with Crippen molar-refractivity contribution in [2.75, 3.05) is 59.3 Å². The zero-order valence-corrected chi connectivity index (χ0v) is 23.7. The van der Waals surface area contributed by atoms with Crippen LogP contribution in [0.4, 0.5) is 0 Å². The molecule has 4 aliphatic rings. The Balaban J connectivity index is 1.07. The lowest BCUT2D eigenvalue weighted by molar-refractivity contribution is -0.136. The van der Waals surface area contributed by atoms with Gasteiger partial charge in [0.2, 0.25) is 0 Å². The van der Waals surface area contributed by atoms with Crippen LogP contribution in [0.25, 0.3) is 0 Å². The summed E-state index contributed by atoms with van der Waals surface area (Å²) in [6.07, 6.45) is 6.75. The highest BCUT2D eigenvalue weighted by atomic mass is 16.6. The lowest BCUT2D eigenvalue weighted by Gasteiger charge is -2.41. The van der Waals surface area contributed by atoms with E-state index in [2.05, 4.69) is 0 Å². The Labute approximate surface area is 241 Å². The molecule has 0 aromatic heterocycles. The maximum absolute atomic E-state index is 13.3. The first-order valence-electron chi connectivity index (χ1n) is 15.0. The van der Waals surface area contributed by atoms with Crippen LogP contribution in [0.1, 0.15) is 55.3 Å². The molecule has 2 aromatic carbocycles. The third-order valence-electron chi connectivity index (χ3n) is 8.87. The molecule has 220 valence electrons. The Bertz CT molecular complexity index is 1230. The van der Waals surface area contributed by atoms with E-state index >= 15 is 0 Å². The topological polar surface area (TPSA) is 86.8 Å². The molecule has 6 rings (SSSR count). The van der Waals surface area contributed by atoms with E-state index in [1.165, 1.54) is 0 Å². The summed E-state index contributed by atoms with van der Waals surface area (Å²) >= 11 is 0. The molecule has 2 aromatic rings. The molecule has 0 saturated carbocycles. The van der Waals surface area contributed by atoms with E-state index in [4.69, 9.17) is 23.7 Å². The number of carbonyl (C=O) groups excluding carboxylic acids is 2. The molecule has 4 heterocycles. The molecule has 0 aliphatic carbocycles. The second-order valence-corrected chi connectivity index (χ2v) is 11.6. The quantitative estimate of drug-likeness (QED) is 0.549. The molecule has 0 unspecified atom stereocenters. The highest BCUT2D eigenvalue weighted by molar-refractivity contribution is 5.95. The van der Waals surface area contributed by atoms with Crippen LogP contribution >= 0.6 is 0 Å². The van der Waals surface area contributed by atoms with Crippen molar-refractivity contribution >= 4 is 11.8 Å². The predicted molar refractivity (Wildman–Crippen MR) is 152 cm³/mol. The summed E-state index contributed by atoms with van der Waals surface area (Å²) in [4.78, 5) is 30.2. The van der Waals surface area contributed by atoms with Gasteiger partial charge in [-0.15, -0.1) is 0 Å². The fourth-order valence-corrected chi connectivity index (χ4v) is 6.37. The van der Waals surface area contributed by atoms with Crippen molar-refractivity contribution in [3.05, 3.63) is 48.0 Å². The second kappa shape index (κ2) is 12.6. The van der Waals surface area contributed by atoms with Gasteiger partial charge in [0, 0.05) is 43.3 Å². The molecule has 4 aliphatic heterocycles. The minimum absolute atomic E-state index is 0.0146. The molecular formula is C32H40N2O7. The van der Waals surface area contributed by atoms with Crippen molar-refractivity contribution in [1.82, 2.24) is 9.80 Å². The zero-order chi connectivity index (χ0) is 28.1. The normalized spacial score (nSPS) is 22.7. The molecule has 2 amide bonds. The van der Waals surface area contributed by atoms with Crippen molar-refractivity contribution in [2.24, 2.45) is 5.41 Å². The first-order valence-corrected chi connectivity index (χ1v) is 15.0. The molecule has 0 N–H and O–H groups in total. The van der Waals surface area contributed by atoms with Crippen LogP contribution in [0, 0.1) is 5.41 Å². The Morgan fingerprint density at radius 3 is 2.63 bits per heavy atom. The lowest BCUT2D eigenvalue weighted by atomic mass is 9.75. The largest absolute Gasteiger partial charge is 0.493 e. The van der Waals surface area contributed by atoms with E-state index in [1.807, 2.05) is 40.1 Å². The number of likely N-dealkylation sites (tertiary alicyclic amines) is 1. The van der Waals surface area contributed by atoms with Gasteiger partial charge in [-0.2, -0.15) is 0 Å². The maximum Gasteiger partial charge on any atom is 0.260 e. The van der Waals surface area contributed by atoms with E-state index < -0.39 is 0 Å². The van der Waals surface area contributed by atoms with Crippen molar-refractivity contribution in [3.63, 3.8) is 0 Å². The summed E-state index contributed by atoms with van der Waals surface area (Å²) < 4.78 is 29.4. The monoisotopic (exact) mass is 564 g/mol. The van der Waals surface area contributed by atoms with Crippen LogP contribution in [0.5, 0.6) is 23.0 Å². The number of piperidine rings is 1. The predicted octanol–water partition coefficient (Wildman–Crippen LogP) is 4.33. The molecule has 41 heavy (non-hydrogen) atoms. The van der Waals surface area contributed by atoms with Crippen LogP contribution < -0.4 is 18.9 Å². The van der Waals surface area contributed by atoms with E-state index in [0.29, 0.717) is 68.9 Å². The molecule has 9 nitrogen and oxygen atoms in total. The number of fused-ring (bicyclic) bond motifs is 4. The minimum Gasteiger partial charge on any atom is -0.493 e. The summed E-state index contributed by atoms with van der Waals surface area (Å²) in [7, 11) is 0. The fourth-order valence-electron chi connectivity index (χ4n) is 6.37. The van der Waals surface area contributed by atoms with E-state index in [-0.39, 0.29) is 29.9 Å². The van der Waals surface area contributed by atoms with Gasteiger partial charge in [-0.1, -0.05) is 12.5 Å². The molecule has 1 atom stereocenters. The van der Waals surface area contributed by atoms with Gasteiger partial charge in [-0.05, 0) is 68.9 Å². The number of ether oxygens (including phenoxy) is 5. The van der Waals surface area contributed by atoms with Gasteiger partial charge in [0.05, 0.1) is 19.3 Å². The fraction of sp³-hybridized carbons (Fsp3) is 0.562. The number of benzene rings is 2. The number of amides is 2. The van der Waals surface area contributed by atoms with Gasteiger partial charge < -0.3 is 33.5 Å². The number of carbonyl (C=O) groups is 2. The van der Waals surface area contributed by atoms with Crippen molar-refractivity contribution in [3.8, 4) is 23.0 Å². The number of rotatable bonds is 3. The van der Waals surface area contributed by atoms with Crippen molar-refractivity contribution < 1.29 is 33.3 Å². The van der Waals surface area contributed by atoms with Gasteiger partial charge in [0.25, 0.3) is 11.8 Å². The second-order valence-electron chi connectivity index (χ2n) is 11.6. The van der Waals surface area contributed by atoms with Gasteiger partial charge in [0.15, 0.2) is 18.1 Å². The zero-order valence-electron chi connectivity index (χ0n) is 23.7. The molecule has 2 saturated heterocycles. The standard InChI is InChI=1S/C32H40N2O7/c35-30(22-40-27-8-9-28-29(20-27)39-18-17-38-28)33-14-11-32(12-15-33)10-1-2-16-37-21-25-6-4-13-34(25)31(36)24-5-3-7-26(19-24)41-23-32/h3,5,7-9,19-20,25H,1-2,4,6,10-18,21-23H2/t25-/m0/s1. The maximum atomic E-state index is 13.3. The first kappa shape index (κ1) is 27.7. The minimum atomic E-state index is -0.0341. The Kier molecular flexibility index (Phi) is 8.51. The summed E-state index contributed by atoms with van der Waals surface area (Å²) in [5.41, 5.74) is 0.630. The molecule has 2 bridgehead atoms. The molecular weight excluding hydrogens is 524 g/mol. The van der Waals surface area contributed by atoms with E-state index in [0.717, 1.165) is 57.2 Å². The van der Waals surface area contributed by atoms with Gasteiger partial charge >= 0.3 is 0 Å². The summed E-state index contributed by atoms with van der Waals surface area (Å²) in [5.74, 6) is 2.69. The summed E-state index contributed by atoms with van der Waals surface area (Å²) in [5, 5.41) is 0. The number of hydrogen-bond acceptors (Lipinski definition) is 7. The van der Waals surface area contributed by atoms with E-state index in [1.54, 1.807) is 12.1 Å². The van der Waals surface area contributed by atoms with Gasteiger partial charge in [-0.3, -0.25) is 9.59 Å². The molecule has 2 fully saturated rings.